The largest absolute Gasteiger partial charge is 0.383 e. The summed E-state index contributed by atoms with van der Waals surface area (Å²) in [6.07, 6.45) is 8.17. The molecule has 17 heavy (non-hydrogen) atoms. The average Bonchev–Trinajstić information content (AvgIpc) is 2.71. The normalized spacial score (nSPS) is 47.6. The smallest absolute Gasteiger partial charge is 0.112 e. The second-order valence-electron chi connectivity index (χ2n) is 6.47. The minimum absolute atomic E-state index is 0.481. The Bertz CT molecular complexity index is 423. The highest BCUT2D eigenvalue weighted by Gasteiger charge is 2.58. The van der Waals surface area contributed by atoms with Crippen LogP contribution in [0.1, 0.15) is 37.8 Å². The molecular formula is C14H20N2O. The summed E-state index contributed by atoms with van der Waals surface area (Å²) in [5.74, 6) is 2.75. The van der Waals surface area contributed by atoms with Crippen LogP contribution < -0.4 is 0 Å². The zero-order valence-electron chi connectivity index (χ0n) is 10.3. The first-order valence-corrected chi connectivity index (χ1v) is 6.88. The molecule has 3 nitrogen and oxygen atoms in total. The summed E-state index contributed by atoms with van der Waals surface area (Å²) in [7, 11) is 1.96. The van der Waals surface area contributed by atoms with Gasteiger partial charge in [0, 0.05) is 13.2 Å². The number of aromatic nitrogens is 2. The van der Waals surface area contributed by atoms with Gasteiger partial charge < -0.3 is 5.11 Å². The van der Waals surface area contributed by atoms with E-state index in [0.29, 0.717) is 11.8 Å². The lowest BCUT2D eigenvalue weighted by molar-refractivity contribution is -0.183. The first-order chi connectivity index (χ1) is 8.18. The fourth-order valence-electron chi connectivity index (χ4n) is 5.09. The van der Waals surface area contributed by atoms with Crippen LogP contribution in [-0.2, 0) is 12.6 Å². The Morgan fingerprint density at radius 1 is 1.18 bits per heavy atom. The van der Waals surface area contributed by atoms with Gasteiger partial charge in [-0.05, 0) is 61.8 Å². The lowest BCUT2D eigenvalue weighted by atomic mass is 9.49. The summed E-state index contributed by atoms with van der Waals surface area (Å²) >= 11 is 0. The minimum atomic E-state index is -0.585. The van der Waals surface area contributed by atoms with Gasteiger partial charge in [0.15, 0.2) is 0 Å². The molecule has 1 aromatic heterocycles. The molecule has 0 amide bonds. The molecule has 4 aliphatic rings. The Balaban J connectivity index is 1.81. The van der Waals surface area contributed by atoms with Crippen molar-refractivity contribution in [2.45, 2.75) is 37.7 Å². The summed E-state index contributed by atoms with van der Waals surface area (Å²) in [5.41, 5.74) is 0.463. The van der Waals surface area contributed by atoms with E-state index in [1.807, 2.05) is 24.0 Å². The molecule has 92 valence electrons. The molecule has 5 rings (SSSR count). The van der Waals surface area contributed by atoms with E-state index >= 15 is 0 Å². The first kappa shape index (κ1) is 10.1. The molecule has 1 heterocycles. The van der Waals surface area contributed by atoms with Gasteiger partial charge in [-0.1, -0.05) is 0 Å². The van der Waals surface area contributed by atoms with Crippen LogP contribution in [-0.4, -0.2) is 14.9 Å². The fourth-order valence-corrected chi connectivity index (χ4v) is 5.09. The highest BCUT2D eigenvalue weighted by molar-refractivity contribution is 5.20. The Morgan fingerprint density at radius 2 is 1.76 bits per heavy atom. The van der Waals surface area contributed by atoms with Crippen molar-refractivity contribution in [2.75, 3.05) is 0 Å². The zero-order chi connectivity index (χ0) is 11.6. The number of nitrogens with zero attached hydrogens (tertiary/aromatic N) is 2. The highest BCUT2D eigenvalue weighted by atomic mass is 16.3. The highest BCUT2D eigenvalue weighted by Crippen LogP contribution is 2.61. The van der Waals surface area contributed by atoms with E-state index in [-0.39, 0.29) is 0 Å². The maximum absolute atomic E-state index is 11.3. The number of hydrogen-bond donors (Lipinski definition) is 1. The van der Waals surface area contributed by atoms with Crippen molar-refractivity contribution in [3.05, 3.63) is 18.0 Å². The monoisotopic (exact) mass is 232 g/mol. The van der Waals surface area contributed by atoms with Crippen LogP contribution in [0, 0.1) is 23.7 Å². The molecular weight excluding hydrogens is 212 g/mol. The molecule has 3 heteroatoms. The summed E-state index contributed by atoms with van der Waals surface area (Å²) in [5, 5.41) is 15.5. The summed E-state index contributed by atoms with van der Waals surface area (Å²) < 4.78 is 1.88. The van der Waals surface area contributed by atoms with Crippen LogP contribution in [0.3, 0.4) is 0 Å². The van der Waals surface area contributed by atoms with Crippen LogP contribution >= 0.6 is 0 Å². The molecule has 0 spiro atoms. The molecule has 0 saturated heterocycles. The van der Waals surface area contributed by atoms with Crippen LogP contribution in [0.25, 0.3) is 0 Å². The van der Waals surface area contributed by atoms with E-state index < -0.39 is 5.60 Å². The maximum Gasteiger partial charge on any atom is 0.112 e. The summed E-state index contributed by atoms with van der Waals surface area (Å²) in [6.45, 7) is 0. The third-order valence-corrected chi connectivity index (χ3v) is 5.61. The summed E-state index contributed by atoms with van der Waals surface area (Å²) in [6, 6.07) is 2.02. The van der Waals surface area contributed by atoms with Gasteiger partial charge in [0.1, 0.15) is 5.60 Å². The second kappa shape index (κ2) is 3.14. The summed E-state index contributed by atoms with van der Waals surface area (Å²) in [4.78, 5) is 0. The lowest BCUT2D eigenvalue weighted by Gasteiger charge is -2.58. The Labute approximate surface area is 102 Å². The number of aryl methyl sites for hydroxylation is 1. The van der Waals surface area contributed by atoms with E-state index in [9.17, 15) is 5.11 Å². The van der Waals surface area contributed by atoms with Crippen LogP contribution in [0.5, 0.6) is 0 Å². The fraction of sp³-hybridized carbons (Fsp3) is 0.786. The van der Waals surface area contributed by atoms with Crippen molar-refractivity contribution in [3.63, 3.8) is 0 Å². The Kier molecular flexibility index (Phi) is 1.87. The van der Waals surface area contributed by atoms with E-state index in [1.165, 1.54) is 32.1 Å². The van der Waals surface area contributed by atoms with Gasteiger partial charge in [-0.3, -0.25) is 4.68 Å². The van der Waals surface area contributed by atoms with Gasteiger partial charge in [-0.25, -0.2) is 0 Å². The Morgan fingerprint density at radius 3 is 2.24 bits per heavy atom. The molecule has 1 N–H and O–H groups in total. The van der Waals surface area contributed by atoms with E-state index in [0.717, 1.165) is 17.5 Å². The molecule has 0 radical (unpaired) electrons. The van der Waals surface area contributed by atoms with Gasteiger partial charge in [0.25, 0.3) is 0 Å². The number of rotatable bonds is 1. The van der Waals surface area contributed by atoms with Crippen molar-refractivity contribution in [1.82, 2.24) is 9.78 Å². The molecule has 4 fully saturated rings. The van der Waals surface area contributed by atoms with Crippen LogP contribution in [0.15, 0.2) is 12.3 Å². The van der Waals surface area contributed by atoms with E-state index in [2.05, 4.69) is 5.10 Å². The SMILES string of the molecule is Cn1nccc1C1(O)C2CC3CC(C2)CC1C3. The lowest BCUT2D eigenvalue weighted by Crippen LogP contribution is -2.56. The van der Waals surface area contributed by atoms with Gasteiger partial charge in [-0.15, -0.1) is 0 Å². The molecule has 0 atom stereocenters. The third-order valence-electron chi connectivity index (χ3n) is 5.61. The minimum Gasteiger partial charge on any atom is -0.383 e. The van der Waals surface area contributed by atoms with Gasteiger partial charge in [0.2, 0.25) is 0 Å². The van der Waals surface area contributed by atoms with Gasteiger partial charge in [0.05, 0.1) is 5.69 Å². The predicted octanol–water partition coefficient (Wildman–Crippen LogP) is 2.06. The van der Waals surface area contributed by atoms with Crippen molar-refractivity contribution >= 4 is 0 Å². The number of hydrogen-bond acceptors (Lipinski definition) is 2. The second-order valence-corrected chi connectivity index (χ2v) is 6.47. The molecule has 4 bridgehead atoms. The molecule has 4 aliphatic carbocycles. The average molecular weight is 232 g/mol. The molecule has 1 aromatic rings. The van der Waals surface area contributed by atoms with Crippen LogP contribution in [0.4, 0.5) is 0 Å². The van der Waals surface area contributed by atoms with Gasteiger partial charge >= 0.3 is 0 Å². The van der Waals surface area contributed by atoms with Gasteiger partial charge in [-0.2, -0.15) is 5.10 Å². The standard InChI is InChI=1S/C14H20N2O/c1-16-13(2-3-15-16)14(17)11-5-9-4-10(7-11)8-12(14)6-9/h2-3,9-12,17H,4-8H2,1H3. The van der Waals surface area contributed by atoms with Crippen molar-refractivity contribution in [2.24, 2.45) is 30.7 Å². The third kappa shape index (κ3) is 1.18. The quantitative estimate of drug-likeness (QED) is 0.805. The van der Waals surface area contributed by atoms with Crippen molar-refractivity contribution < 1.29 is 5.11 Å². The zero-order valence-corrected chi connectivity index (χ0v) is 10.3. The van der Waals surface area contributed by atoms with Crippen LogP contribution in [0.2, 0.25) is 0 Å². The van der Waals surface area contributed by atoms with Crippen molar-refractivity contribution in [1.29, 1.82) is 0 Å². The number of aliphatic hydroxyl groups is 1. The molecule has 4 saturated carbocycles. The molecule has 0 unspecified atom stereocenters. The van der Waals surface area contributed by atoms with E-state index in [4.69, 9.17) is 0 Å². The molecule has 0 aliphatic heterocycles. The predicted molar refractivity (Wildman–Crippen MR) is 64.1 cm³/mol. The van der Waals surface area contributed by atoms with Crippen molar-refractivity contribution in [3.8, 4) is 0 Å². The topological polar surface area (TPSA) is 38.0 Å². The maximum atomic E-state index is 11.3. The Hall–Kier alpha value is -0.830. The van der Waals surface area contributed by atoms with E-state index in [1.54, 1.807) is 0 Å². The molecule has 0 aromatic carbocycles. The first-order valence-electron chi connectivity index (χ1n) is 6.88.